The highest BCUT2D eigenvalue weighted by Crippen LogP contribution is 2.06. The predicted octanol–water partition coefficient (Wildman–Crippen LogP) is 1.25. The van der Waals surface area contributed by atoms with Crippen LogP contribution in [0.5, 0.6) is 0 Å². The third kappa shape index (κ3) is 1.94. The van der Waals surface area contributed by atoms with E-state index in [-0.39, 0.29) is 6.61 Å². The Morgan fingerprint density at radius 3 is 2.93 bits per heavy atom. The Bertz CT molecular complexity index is 390. The Labute approximate surface area is 88.8 Å². The van der Waals surface area contributed by atoms with Crippen molar-refractivity contribution in [1.82, 2.24) is 14.1 Å². The summed E-state index contributed by atoms with van der Waals surface area (Å²) in [7, 11) is 0. The summed E-state index contributed by atoms with van der Waals surface area (Å²) in [5, 5.41) is 9.11. The number of aryl methyl sites for hydroxylation is 1. The third-order valence-electron chi connectivity index (χ3n) is 2.54. The summed E-state index contributed by atoms with van der Waals surface area (Å²) in [5.41, 5.74) is 0.917. The molecule has 0 saturated carbocycles. The molecule has 0 spiro atoms. The molecule has 0 aliphatic rings. The first kappa shape index (κ1) is 9.98. The summed E-state index contributed by atoms with van der Waals surface area (Å²) in [5.74, 6) is 1.02. The van der Waals surface area contributed by atoms with E-state index in [0.29, 0.717) is 6.54 Å². The van der Waals surface area contributed by atoms with E-state index in [1.54, 1.807) is 6.20 Å². The Morgan fingerprint density at radius 1 is 1.33 bits per heavy atom. The highest BCUT2D eigenvalue weighted by molar-refractivity contribution is 5.08. The van der Waals surface area contributed by atoms with Gasteiger partial charge in [-0.15, -0.1) is 0 Å². The fourth-order valence-electron chi connectivity index (χ4n) is 1.68. The van der Waals surface area contributed by atoms with Crippen LogP contribution in [0.4, 0.5) is 0 Å². The van der Waals surface area contributed by atoms with E-state index >= 15 is 0 Å². The standard InChI is InChI=1S/C11H15N3O/c1-2-13-7-5-12-11(13)8-14-6-3-4-10(14)9-15/h3-7,15H,2,8-9H2,1H3. The molecule has 4 nitrogen and oxygen atoms in total. The van der Waals surface area contributed by atoms with Gasteiger partial charge in [-0.1, -0.05) is 0 Å². The Kier molecular flexibility index (Phi) is 2.87. The first-order valence-corrected chi connectivity index (χ1v) is 5.10. The van der Waals surface area contributed by atoms with Gasteiger partial charge in [-0.2, -0.15) is 0 Å². The molecule has 0 amide bonds. The van der Waals surface area contributed by atoms with Crippen LogP contribution in [0, 0.1) is 0 Å². The van der Waals surface area contributed by atoms with Crippen LogP contribution in [0.15, 0.2) is 30.7 Å². The fraction of sp³-hybridized carbons (Fsp3) is 0.364. The minimum Gasteiger partial charge on any atom is -0.390 e. The fourth-order valence-corrected chi connectivity index (χ4v) is 1.68. The molecule has 0 radical (unpaired) electrons. The minimum atomic E-state index is 0.0693. The van der Waals surface area contributed by atoms with E-state index in [4.69, 9.17) is 5.11 Å². The third-order valence-corrected chi connectivity index (χ3v) is 2.54. The van der Waals surface area contributed by atoms with Gasteiger partial charge in [0.05, 0.1) is 13.2 Å². The molecule has 0 aliphatic heterocycles. The Morgan fingerprint density at radius 2 is 2.20 bits per heavy atom. The van der Waals surface area contributed by atoms with Gasteiger partial charge in [-0.3, -0.25) is 0 Å². The van der Waals surface area contributed by atoms with Crippen molar-refractivity contribution in [3.63, 3.8) is 0 Å². The van der Waals surface area contributed by atoms with Gasteiger partial charge >= 0.3 is 0 Å². The largest absolute Gasteiger partial charge is 0.390 e. The van der Waals surface area contributed by atoms with Gasteiger partial charge in [0.2, 0.25) is 0 Å². The average molecular weight is 205 g/mol. The second-order valence-corrected chi connectivity index (χ2v) is 3.42. The summed E-state index contributed by atoms with van der Waals surface area (Å²) < 4.78 is 4.11. The summed E-state index contributed by atoms with van der Waals surface area (Å²) in [6, 6.07) is 3.85. The predicted molar refractivity (Wildman–Crippen MR) is 57.4 cm³/mol. The van der Waals surface area contributed by atoms with Gasteiger partial charge < -0.3 is 14.2 Å². The first-order valence-electron chi connectivity index (χ1n) is 5.10. The molecule has 0 bridgehead atoms. The second kappa shape index (κ2) is 4.31. The normalized spacial score (nSPS) is 10.8. The molecule has 0 unspecified atom stereocenters. The van der Waals surface area contributed by atoms with E-state index in [1.165, 1.54) is 0 Å². The summed E-state index contributed by atoms with van der Waals surface area (Å²) >= 11 is 0. The van der Waals surface area contributed by atoms with Crippen LogP contribution >= 0.6 is 0 Å². The number of hydrogen-bond donors (Lipinski definition) is 1. The molecule has 2 rings (SSSR count). The highest BCUT2D eigenvalue weighted by atomic mass is 16.3. The number of aromatic nitrogens is 3. The number of aliphatic hydroxyl groups excluding tert-OH is 1. The molecule has 80 valence electrons. The van der Waals surface area contributed by atoms with Crippen molar-refractivity contribution >= 4 is 0 Å². The maximum atomic E-state index is 9.11. The zero-order valence-corrected chi connectivity index (χ0v) is 8.80. The molecule has 0 aliphatic carbocycles. The molecule has 4 heteroatoms. The molecule has 2 aromatic heterocycles. The Balaban J connectivity index is 2.21. The summed E-state index contributed by atoms with van der Waals surface area (Å²) in [4.78, 5) is 4.30. The van der Waals surface area contributed by atoms with E-state index < -0.39 is 0 Å². The van der Waals surface area contributed by atoms with Crippen molar-refractivity contribution in [2.45, 2.75) is 26.6 Å². The van der Waals surface area contributed by atoms with Crippen molar-refractivity contribution in [3.8, 4) is 0 Å². The van der Waals surface area contributed by atoms with Gasteiger partial charge in [-0.05, 0) is 19.1 Å². The molecule has 2 aromatic rings. The molecule has 0 atom stereocenters. The lowest BCUT2D eigenvalue weighted by molar-refractivity contribution is 0.271. The van der Waals surface area contributed by atoms with Crippen molar-refractivity contribution in [2.24, 2.45) is 0 Å². The Hall–Kier alpha value is -1.55. The van der Waals surface area contributed by atoms with Crippen molar-refractivity contribution in [2.75, 3.05) is 0 Å². The van der Waals surface area contributed by atoms with Gasteiger partial charge in [0.25, 0.3) is 0 Å². The van der Waals surface area contributed by atoms with E-state index in [2.05, 4.69) is 16.5 Å². The zero-order valence-electron chi connectivity index (χ0n) is 8.80. The molecule has 0 fully saturated rings. The lowest BCUT2D eigenvalue weighted by Crippen LogP contribution is -2.09. The first-order chi connectivity index (χ1) is 7.35. The van der Waals surface area contributed by atoms with Gasteiger partial charge in [-0.25, -0.2) is 4.98 Å². The monoisotopic (exact) mass is 205 g/mol. The topological polar surface area (TPSA) is 43.0 Å². The average Bonchev–Trinajstić information content (AvgIpc) is 2.87. The van der Waals surface area contributed by atoms with Crippen molar-refractivity contribution in [1.29, 1.82) is 0 Å². The van der Waals surface area contributed by atoms with Crippen LogP contribution in [0.2, 0.25) is 0 Å². The lowest BCUT2D eigenvalue weighted by atomic mass is 10.4. The SMILES string of the molecule is CCn1ccnc1Cn1cccc1CO. The molecule has 1 N–H and O–H groups in total. The van der Waals surface area contributed by atoms with Crippen molar-refractivity contribution in [3.05, 3.63) is 42.2 Å². The van der Waals surface area contributed by atoms with E-state index in [9.17, 15) is 0 Å². The zero-order chi connectivity index (χ0) is 10.7. The van der Waals surface area contributed by atoms with Gasteiger partial charge in [0.15, 0.2) is 0 Å². The number of imidazole rings is 1. The van der Waals surface area contributed by atoms with Crippen LogP contribution in [-0.2, 0) is 19.7 Å². The molecule has 0 saturated heterocycles. The summed E-state index contributed by atoms with van der Waals surface area (Å²) in [6.07, 6.45) is 5.73. The molecule has 15 heavy (non-hydrogen) atoms. The second-order valence-electron chi connectivity index (χ2n) is 3.42. The van der Waals surface area contributed by atoms with Crippen LogP contribution in [0.1, 0.15) is 18.4 Å². The quantitative estimate of drug-likeness (QED) is 0.816. The molecule has 0 aromatic carbocycles. The number of nitrogens with zero attached hydrogens (tertiary/aromatic N) is 3. The minimum absolute atomic E-state index is 0.0693. The van der Waals surface area contributed by atoms with E-state index in [0.717, 1.165) is 18.1 Å². The van der Waals surface area contributed by atoms with Crippen molar-refractivity contribution < 1.29 is 5.11 Å². The number of rotatable bonds is 4. The molecular weight excluding hydrogens is 190 g/mol. The molecular formula is C11H15N3O. The van der Waals surface area contributed by atoms with Gasteiger partial charge in [0.1, 0.15) is 5.82 Å². The molecule has 2 heterocycles. The smallest absolute Gasteiger partial charge is 0.128 e. The van der Waals surface area contributed by atoms with Crippen LogP contribution in [0.3, 0.4) is 0 Å². The maximum Gasteiger partial charge on any atom is 0.128 e. The van der Waals surface area contributed by atoms with E-state index in [1.807, 2.05) is 29.1 Å². The van der Waals surface area contributed by atoms with Crippen LogP contribution in [0.25, 0.3) is 0 Å². The van der Waals surface area contributed by atoms with Gasteiger partial charge in [0, 0.05) is 30.8 Å². The lowest BCUT2D eigenvalue weighted by Gasteiger charge is -2.08. The van der Waals surface area contributed by atoms with Crippen LogP contribution in [-0.4, -0.2) is 19.2 Å². The summed E-state index contributed by atoms with van der Waals surface area (Å²) in [6.45, 7) is 3.79. The van der Waals surface area contributed by atoms with Crippen LogP contribution < -0.4 is 0 Å². The number of aliphatic hydroxyl groups is 1. The maximum absolute atomic E-state index is 9.11. The highest BCUT2D eigenvalue weighted by Gasteiger charge is 2.04. The number of hydrogen-bond acceptors (Lipinski definition) is 2.